The molecule has 7 heteroatoms. The van der Waals surface area contributed by atoms with Crippen molar-refractivity contribution in [2.75, 3.05) is 25.5 Å². The van der Waals surface area contributed by atoms with Crippen molar-refractivity contribution in [2.24, 2.45) is 0 Å². The van der Waals surface area contributed by atoms with E-state index in [-0.39, 0.29) is 24.2 Å². The van der Waals surface area contributed by atoms with E-state index in [4.69, 9.17) is 4.74 Å². The van der Waals surface area contributed by atoms with Crippen LogP contribution in [0.1, 0.15) is 26.3 Å². The molecule has 3 aromatic rings. The number of anilines is 1. The predicted molar refractivity (Wildman–Crippen MR) is 112 cm³/mol. The van der Waals surface area contributed by atoms with E-state index in [0.717, 1.165) is 5.56 Å². The van der Waals surface area contributed by atoms with Crippen molar-refractivity contribution in [3.63, 3.8) is 0 Å². The van der Waals surface area contributed by atoms with Crippen LogP contribution in [0, 0.1) is 12.7 Å². The molecule has 2 amide bonds. The highest BCUT2D eigenvalue weighted by Crippen LogP contribution is 2.23. The summed E-state index contributed by atoms with van der Waals surface area (Å²) in [6.07, 6.45) is 3.07. The minimum Gasteiger partial charge on any atom is -0.492 e. The average Bonchev–Trinajstić information content (AvgIpc) is 2.76. The number of carbonyl (C=O) groups is 2. The minimum atomic E-state index is -0.338. The van der Waals surface area contributed by atoms with E-state index in [9.17, 15) is 14.0 Å². The van der Waals surface area contributed by atoms with Gasteiger partial charge in [-0.15, -0.1) is 0 Å². The van der Waals surface area contributed by atoms with Gasteiger partial charge >= 0.3 is 0 Å². The first kappa shape index (κ1) is 21.0. The highest BCUT2D eigenvalue weighted by atomic mass is 19.1. The zero-order valence-electron chi connectivity index (χ0n) is 16.8. The van der Waals surface area contributed by atoms with Crippen LogP contribution in [0.5, 0.6) is 5.75 Å². The van der Waals surface area contributed by atoms with E-state index in [1.54, 1.807) is 31.3 Å². The molecule has 0 atom stereocenters. The zero-order chi connectivity index (χ0) is 21.5. The normalized spacial score (nSPS) is 10.4. The van der Waals surface area contributed by atoms with Crippen molar-refractivity contribution in [2.45, 2.75) is 6.92 Å². The van der Waals surface area contributed by atoms with Crippen molar-refractivity contribution in [3.8, 4) is 5.75 Å². The van der Waals surface area contributed by atoms with Gasteiger partial charge in [0.15, 0.2) is 0 Å². The van der Waals surface area contributed by atoms with Gasteiger partial charge in [0.2, 0.25) is 0 Å². The molecule has 0 saturated heterocycles. The Morgan fingerprint density at radius 2 is 1.77 bits per heavy atom. The molecule has 0 bridgehead atoms. The lowest BCUT2D eigenvalue weighted by Crippen LogP contribution is -2.32. The Balaban J connectivity index is 1.68. The molecule has 0 unspecified atom stereocenters. The summed E-state index contributed by atoms with van der Waals surface area (Å²) < 4.78 is 18.5. The van der Waals surface area contributed by atoms with Crippen LogP contribution in [0.25, 0.3) is 0 Å². The number of hydrogen-bond donors (Lipinski definition) is 1. The number of benzene rings is 2. The number of pyridine rings is 1. The Bertz CT molecular complexity index is 1020. The lowest BCUT2D eigenvalue weighted by atomic mass is 10.1. The standard InChI is InChI=1S/C23H22FN3O3/c1-16-4-3-5-20(21(16)26-22(28)17-10-12-25-13-11-17)23(29)27(2)14-15-30-19-8-6-18(24)7-9-19/h3-13H,14-15H2,1-2H3,(H,26,28). The SMILES string of the molecule is Cc1cccc(C(=O)N(C)CCOc2ccc(F)cc2)c1NC(=O)c1ccncc1. The van der Waals surface area contributed by atoms with Gasteiger partial charge in [-0.1, -0.05) is 12.1 Å². The first-order valence-electron chi connectivity index (χ1n) is 9.40. The van der Waals surface area contributed by atoms with Crippen molar-refractivity contribution in [3.05, 3.63) is 89.5 Å². The summed E-state index contributed by atoms with van der Waals surface area (Å²) >= 11 is 0. The first-order chi connectivity index (χ1) is 14.5. The topological polar surface area (TPSA) is 71.5 Å². The molecule has 0 aliphatic heterocycles. The molecule has 1 N–H and O–H groups in total. The van der Waals surface area contributed by atoms with Crippen molar-refractivity contribution < 1.29 is 18.7 Å². The van der Waals surface area contributed by atoms with E-state index >= 15 is 0 Å². The van der Waals surface area contributed by atoms with Crippen LogP contribution in [0.3, 0.4) is 0 Å². The van der Waals surface area contributed by atoms with Crippen LogP contribution >= 0.6 is 0 Å². The fraction of sp³-hybridized carbons (Fsp3) is 0.174. The quantitative estimate of drug-likeness (QED) is 0.644. The summed E-state index contributed by atoms with van der Waals surface area (Å²) in [5.74, 6) is -0.372. The van der Waals surface area contributed by atoms with Crippen LogP contribution in [0.15, 0.2) is 67.0 Å². The molecule has 0 saturated carbocycles. The average molecular weight is 407 g/mol. The molecule has 0 radical (unpaired) electrons. The molecule has 1 heterocycles. The molecule has 154 valence electrons. The number of amides is 2. The van der Waals surface area contributed by atoms with E-state index in [2.05, 4.69) is 10.3 Å². The molecule has 0 aliphatic rings. The smallest absolute Gasteiger partial charge is 0.255 e. The molecule has 30 heavy (non-hydrogen) atoms. The molecule has 6 nitrogen and oxygen atoms in total. The number of aromatic nitrogens is 1. The Morgan fingerprint density at radius 3 is 2.47 bits per heavy atom. The van der Waals surface area contributed by atoms with E-state index < -0.39 is 0 Å². The second-order valence-corrected chi connectivity index (χ2v) is 6.72. The van der Waals surface area contributed by atoms with Gasteiger partial charge in [-0.2, -0.15) is 0 Å². The number of para-hydroxylation sites is 1. The molecule has 2 aromatic carbocycles. The number of hydrogen-bond acceptors (Lipinski definition) is 4. The summed E-state index contributed by atoms with van der Waals surface area (Å²) in [6.45, 7) is 2.40. The number of likely N-dealkylation sites (N-methyl/N-ethyl adjacent to an activating group) is 1. The van der Waals surface area contributed by atoms with Gasteiger partial charge in [0.25, 0.3) is 11.8 Å². The monoisotopic (exact) mass is 407 g/mol. The number of nitrogens with one attached hydrogen (secondary N) is 1. The predicted octanol–water partition coefficient (Wildman–Crippen LogP) is 3.93. The zero-order valence-corrected chi connectivity index (χ0v) is 16.8. The minimum absolute atomic E-state index is 0.244. The maximum atomic E-state index is 13.0. The Kier molecular flexibility index (Phi) is 6.75. The third kappa shape index (κ3) is 5.20. The summed E-state index contributed by atoms with van der Waals surface area (Å²) in [7, 11) is 1.66. The summed E-state index contributed by atoms with van der Waals surface area (Å²) in [4.78, 5) is 31.0. The van der Waals surface area contributed by atoms with Crippen molar-refractivity contribution >= 4 is 17.5 Å². The number of carbonyl (C=O) groups excluding carboxylic acids is 2. The highest BCUT2D eigenvalue weighted by Gasteiger charge is 2.19. The largest absolute Gasteiger partial charge is 0.492 e. The van der Waals surface area contributed by atoms with Gasteiger partial charge in [-0.05, 0) is 55.0 Å². The van der Waals surface area contributed by atoms with E-state index in [1.807, 2.05) is 13.0 Å². The van der Waals surface area contributed by atoms with Gasteiger partial charge in [0.05, 0.1) is 17.8 Å². The maximum absolute atomic E-state index is 13.0. The van der Waals surface area contributed by atoms with E-state index in [0.29, 0.717) is 29.1 Å². The molecule has 0 aliphatic carbocycles. The third-order valence-corrected chi connectivity index (χ3v) is 4.54. The second-order valence-electron chi connectivity index (χ2n) is 6.72. The van der Waals surface area contributed by atoms with Gasteiger partial charge in [0, 0.05) is 25.0 Å². The summed E-state index contributed by atoms with van der Waals surface area (Å²) in [6, 6.07) is 14.2. The molecule has 0 spiro atoms. The van der Waals surface area contributed by atoms with Crippen LogP contribution < -0.4 is 10.1 Å². The van der Waals surface area contributed by atoms with Gasteiger partial charge in [-0.3, -0.25) is 14.6 Å². The lowest BCUT2D eigenvalue weighted by molar-refractivity contribution is 0.0774. The highest BCUT2D eigenvalue weighted by molar-refractivity contribution is 6.09. The van der Waals surface area contributed by atoms with Crippen molar-refractivity contribution in [1.29, 1.82) is 0 Å². The van der Waals surface area contributed by atoms with Crippen LogP contribution in [0.2, 0.25) is 0 Å². The van der Waals surface area contributed by atoms with Crippen molar-refractivity contribution in [1.82, 2.24) is 9.88 Å². The van der Waals surface area contributed by atoms with Gasteiger partial charge in [-0.25, -0.2) is 4.39 Å². The summed E-state index contributed by atoms with van der Waals surface area (Å²) in [5, 5.41) is 2.84. The fourth-order valence-corrected chi connectivity index (χ4v) is 2.84. The number of halogens is 1. The van der Waals surface area contributed by atoms with Crippen LogP contribution in [0.4, 0.5) is 10.1 Å². The molecule has 0 fully saturated rings. The Morgan fingerprint density at radius 1 is 1.07 bits per heavy atom. The van der Waals surface area contributed by atoms with Crippen LogP contribution in [-0.4, -0.2) is 41.9 Å². The molecular weight excluding hydrogens is 385 g/mol. The number of ether oxygens (including phenoxy) is 1. The molecule has 1 aromatic heterocycles. The maximum Gasteiger partial charge on any atom is 0.255 e. The van der Waals surface area contributed by atoms with E-state index in [1.165, 1.54) is 41.6 Å². The second kappa shape index (κ2) is 9.65. The van der Waals surface area contributed by atoms with Gasteiger partial charge < -0.3 is 15.0 Å². The fourth-order valence-electron chi connectivity index (χ4n) is 2.84. The number of aryl methyl sites for hydroxylation is 1. The summed E-state index contributed by atoms with van der Waals surface area (Å²) in [5.41, 5.74) is 2.09. The lowest BCUT2D eigenvalue weighted by Gasteiger charge is -2.20. The third-order valence-electron chi connectivity index (χ3n) is 4.54. The molecule has 3 rings (SSSR count). The van der Waals surface area contributed by atoms with Gasteiger partial charge in [0.1, 0.15) is 18.2 Å². The first-order valence-corrected chi connectivity index (χ1v) is 9.40. The Hall–Kier alpha value is -3.74. The number of nitrogens with zero attached hydrogens (tertiary/aromatic N) is 2. The Labute approximate surface area is 174 Å². The number of rotatable bonds is 7. The molecular formula is C23H22FN3O3. The van der Waals surface area contributed by atoms with Crippen LogP contribution in [-0.2, 0) is 0 Å².